The monoisotopic (exact) mass is 402 g/mol. The molecule has 0 radical (unpaired) electrons. The van der Waals surface area contributed by atoms with Gasteiger partial charge in [0.15, 0.2) is 0 Å². The minimum absolute atomic E-state index is 0.213. The zero-order valence-corrected chi connectivity index (χ0v) is 16.5. The number of nitrogens with zero attached hydrogens (tertiary/aromatic N) is 2. The average Bonchev–Trinajstić information content (AvgIpc) is 3.19. The zero-order valence-electron chi connectivity index (χ0n) is 15.8. The molecule has 3 aromatic carbocycles. The quantitative estimate of drug-likeness (QED) is 0.400. The Kier molecular flexibility index (Phi) is 5.19. The molecule has 0 fully saturated rings. The first kappa shape index (κ1) is 19.0. The minimum Gasteiger partial charge on any atom is -0.464 e. The Morgan fingerprint density at radius 3 is 2.07 bits per heavy atom. The molecule has 0 aliphatic carbocycles. The van der Waals surface area contributed by atoms with Crippen molar-refractivity contribution in [2.45, 2.75) is 13.0 Å². The standard InChI is InChI=1S/C24H19ClN2O2/c1-16(19-12-13-21-20(22(19)25)14-15-27(21)24(28)29)26-23(17-8-4-2-5-9-17)18-10-6-3-7-11-18/h2-16H,1H3,(H,28,29). The lowest BCUT2D eigenvalue weighted by Crippen LogP contribution is -2.07. The van der Waals surface area contributed by atoms with Crippen molar-refractivity contribution in [1.29, 1.82) is 0 Å². The third kappa shape index (κ3) is 3.67. The van der Waals surface area contributed by atoms with Crippen LogP contribution in [0.3, 0.4) is 0 Å². The smallest absolute Gasteiger partial charge is 0.416 e. The molecular weight excluding hydrogens is 384 g/mol. The van der Waals surface area contributed by atoms with Crippen molar-refractivity contribution in [2.24, 2.45) is 4.99 Å². The van der Waals surface area contributed by atoms with Crippen LogP contribution in [0.25, 0.3) is 10.9 Å². The number of hydrogen-bond donors (Lipinski definition) is 1. The molecule has 1 unspecified atom stereocenters. The summed E-state index contributed by atoms with van der Waals surface area (Å²) in [5.41, 5.74) is 4.36. The van der Waals surface area contributed by atoms with Gasteiger partial charge in [-0.25, -0.2) is 4.79 Å². The fourth-order valence-electron chi connectivity index (χ4n) is 3.46. The van der Waals surface area contributed by atoms with E-state index in [0.717, 1.165) is 27.0 Å². The molecule has 1 N–H and O–H groups in total. The molecule has 144 valence electrons. The van der Waals surface area contributed by atoms with Crippen LogP contribution < -0.4 is 0 Å². The molecule has 0 spiro atoms. The zero-order chi connectivity index (χ0) is 20.4. The van der Waals surface area contributed by atoms with E-state index in [-0.39, 0.29) is 6.04 Å². The molecule has 29 heavy (non-hydrogen) atoms. The number of aliphatic imine (C=N–C) groups is 1. The summed E-state index contributed by atoms with van der Waals surface area (Å²) in [6, 6.07) is 25.2. The number of rotatable bonds is 4. The number of carboxylic acid groups (broad SMARTS) is 1. The molecule has 5 heteroatoms. The highest BCUT2D eigenvalue weighted by atomic mass is 35.5. The SMILES string of the molecule is CC(N=C(c1ccccc1)c1ccccc1)c1ccc2c(ccn2C(=O)O)c1Cl. The molecule has 0 saturated heterocycles. The van der Waals surface area contributed by atoms with Gasteiger partial charge >= 0.3 is 6.09 Å². The lowest BCUT2D eigenvalue weighted by atomic mass is 10.0. The average molecular weight is 403 g/mol. The molecule has 4 rings (SSSR count). The fraction of sp³-hybridized carbons (Fsp3) is 0.0833. The summed E-state index contributed by atoms with van der Waals surface area (Å²) in [6.45, 7) is 1.99. The molecule has 0 bridgehead atoms. The maximum absolute atomic E-state index is 11.4. The van der Waals surface area contributed by atoms with Gasteiger partial charge in [-0.15, -0.1) is 0 Å². The number of fused-ring (bicyclic) bond motifs is 1. The van der Waals surface area contributed by atoms with Crippen molar-refractivity contribution in [3.05, 3.63) is 107 Å². The van der Waals surface area contributed by atoms with E-state index in [1.165, 1.54) is 6.20 Å². The van der Waals surface area contributed by atoms with E-state index in [0.29, 0.717) is 15.9 Å². The Morgan fingerprint density at radius 1 is 0.931 bits per heavy atom. The lowest BCUT2D eigenvalue weighted by Gasteiger charge is -2.14. The Balaban J connectivity index is 1.81. The molecule has 0 aliphatic rings. The van der Waals surface area contributed by atoms with Crippen LogP contribution in [-0.2, 0) is 0 Å². The largest absolute Gasteiger partial charge is 0.464 e. The summed E-state index contributed by atoms with van der Waals surface area (Å²) < 4.78 is 1.16. The van der Waals surface area contributed by atoms with Crippen LogP contribution in [0.4, 0.5) is 4.79 Å². The highest BCUT2D eigenvalue weighted by Crippen LogP contribution is 2.34. The molecule has 0 saturated carbocycles. The maximum atomic E-state index is 11.4. The third-order valence-corrected chi connectivity index (χ3v) is 5.33. The molecule has 4 aromatic rings. The van der Waals surface area contributed by atoms with Crippen molar-refractivity contribution >= 4 is 34.3 Å². The normalized spacial score (nSPS) is 11.9. The van der Waals surface area contributed by atoms with Crippen molar-refractivity contribution in [1.82, 2.24) is 4.57 Å². The molecular formula is C24H19ClN2O2. The van der Waals surface area contributed by atoms with Gasteiger partial charge in [-0.05, 0) is 24.6 Å². The van der Waals surface area contributed by atoms with Gasteiger partial charge in [0, 0.05) is 22.7 Å². The summed E-state index contributed by atoms with van der Waals surface area (Å²) in [7, 11) is 0. The van der Waals surface area contributed by atoms with Gasteiger partial charge in [-0.3, -0.25) is 9.56 Å². The first-order valence-electron chi connectivity index (χ1n) is 9.27. The summed E-state index contributed by atoms with van der Waals surface area (Å²) in [5, 5.41) is 10.5. The van der Waals surface area contributed by atoms with Gasteiger partial charge in [0.2, 0.25) is 0 Å². The number of carbonyl (C=O) groups is 1. The molecule has 0 aliphatic heterocycles. The van der Waals surface area contributed by atoms with E-state index < -0.39 is 6.09 Å². The fourth-order valence-corrected chi connectivity index (χ4v) is 3.84. The van der Waals surface area contributed by atoms with Crippen molar-refractivity contribution in [2.75, 3.05) is 0 Å². The van der Waals surface area contributed by atoms with Gasteiger partial charge in [0.25, 0.3) is 0 Å². The van der Waals surface area contributed by atoms with E-state index in [1.807, 2.05) is 73.7 Å². The Hall–Kier alpha value is -3.37. The van der Waals surface area contributed by atoms with Gasteiger partial charge in [0.1, 0.15) is 0 Å². The van der Waals surface area contributed by atoms with Crippen LogP contribution in [0.5, 0.6) is 0 Å². The number of aromatic nitrogens is 1. The Morgan fingerprint density at radius 2 is 1.52 bits per heavy atom. The summed E-state index contributed by atoms with van der Waals surface area (Å²) >= 11 is 6.65. The van der Waals surface area contributed by atoms with Crippen molar-refractivity contribution in [3.8, 4) is 0 Å². The van der Waals surface area contributed by atoms with Gasteiger partial charge < -0.3 is 5.11 Å². The summed E-state index contributed by atoms with van der Waals surface area (Å²) in [6.07, 6.45) is 0.473. The van der Waals surface area contributed by atoms with Gasteiger partial charge in [-0.1, -0.05) is 78.3 Å². The van der Waals surface area contributed by atoms with Crippen LogP contribution in [0.1, 0.15) is 29.7 Å². The van der Waals surface area contributed by atoms with Crippen molar-refractivity contribution in [3.63, 3.8) is 0 Å². The molecule has 1 atom stereocenters. The molecule has 1 heterocycles. The first-order chi connectivity index (χ1) is 14.1. The van der Waals surface area contributed by atoms with E-state index in [4.69, 9.17) is 16.6 Å². The van der Waals surface area contributed by atoms with Crippen LogP contribution >= 0.6 is 11.6 Å². The van der Waals surface area contributed by atoms with Crippen LogP contribution in [0.2, 0.25) is 5.02 Å². The first-order valence-corrected chi connectivity index (χ1v) is 9.65. The highest BCUT2D eigenvalue weighted by molar-refractivity contribution is 6.36. The number of hydrogen-bond acceptors (Lipinski definition) is 2. The molecule has 1 aromatic heterocycles. The second-order valence-electron chi connectivity index (χ2n) is 6.76. The summed E-state index contributed by atoms with van der Waals surface area (Å²) in [4.78, 5) is 16.4. The van der Waals surface area contributed by atoms with Crippen LogP contribution in [0, 0.1) is 0 Å². The minimum atomic E-state index is -1.04. The second kappa shape index (κ2) is 7.94. The van der Waals surface area contributed by atoms with Crippen LogP contribution in [-0.4, -0.2) is 21.5 Å². The van der Waals surface area contributed by atoms with E-state index in [9.17, 15) is 9.90 Å². The van der Waals surface area contributed by atoms with E-state index >= 15 is 0 Å². The van der Waals surface area contributed by atoms with E-state index in [2.05, 4.69) is 0 Å². The maximum Gasteiger partial charge on any atom is 0.416 e. The predicted molar refractivity (Wildman–Crippen MR) is 117 cm³/mol. The third-order valence-electron chi connectivity index (χ3n) is 4.91. The lowest BCUT2D eigenvalue weighted by molar-refractivity contribution is 0.197. The number of benzene rings is 3. The van der Waals surface area contributed by atoms with Crippen molar-refractivity contribution < 1.29 is 9.90 Å². The second-order valence-corrected chi connectivity index (χ2v) is 7.13. The molecule has 4 nitrogen and oxygen atoms in total. The van der Waals surface area contributed by atoms with Gasteiger partial charge in [-0.2, -0.15) is 0 Å². The topological polar surface area (TPSA) is 54.6 Å². The number of halogens is 1. The predicted octanol–water partition coefficient (Wildman–Crippen LogP) is 6.42. The highest BCUT2D eigenvalue weighted by Gasteiger charge is 2.17. The summed E-state index contributed by atoms with van der Waals surface area (Å²) in [5.74, 6) is 0. The van der Waals surface area contributed by atoms with E-state index in [1.54, 1.807) is 12.1 Å². The Labute approximate surface area is 173 Å². The van der Waals surface area contributed by atoms with Gasteiger partial charge in [0.05, 0.1) is 22.3 Å². The Bertz CT molecular complexity index is 1160. The molecule has 0 amide bonds. The van der Waals surface area contributed by atoms with Crippen LogP contribution in [0.15, 0.2) is 90.1 Å².